The monoisotopic (exact) mass is 169 g/mol. The number of hydrogen-bond acceptors (Lipinski definition) is 2. The lowest BCUT2D eigenvalue weighted by molar-refractivity contribution is 0.638. The predicted octanol–water partition coefficient (Wildman–Crippen LogP) is 0.725. The molecule has 0 bridgehead atoms. The first-order valence-electron chi connectivity index (χ1n) is 4.21. The lowest BCUT2D eigenvalue weighted by Gasteiger charge is -2.03. The molecule has 0 atom stereocenters. The highest BCUT2D eigenvalue weighted by Crippen LogP contribution is 2.08. The summed E-state index contributed by atoms with van der Waals surface area (Å²) in [6.45, 7) is 6.72. The van der Waals surface area contributed by atoms with Gasteiger partial charge in [0.25, 0.3) is 0 Å². The van der Waals surface area contributed by atoms with Crippen molar-refractivity contribution in [3.05, 3.63) is 16.3 Å². The van der Waals surface area contributed by atoms with Gasteiger partial charge in [0.15, 0.2) is 0 Å². The van der Waals surface area contributed by atoms with Crippen molar-refractivity contribution in [3.63, 3.8) is 0 Å². The molecule has 0 aromatic carbocycles. The van der Waals surface area contributed by atoms with Gasteiger partial charge in [-0.1, -0.05) is 13.8 Å². The minimum atomic E-state index is -0.0267. The minimum absolute atomic E-state index is 0.0267. The Morgan fingerprint density at radius 2 is 2.08 bits per heavy atom. The van der Waals surface area contributed by atoms with Crippen molar-refractivity contribution in [1.29, 1.82) is 0 Å². The Bertz CT molecular complexity index is 322. The van der Waals surface area contributed by atoms with Gasteiger partial charge in [0, 0.05) is 19.5 Å². The highest BCUT2D eigenvalue weighted by Gasteiger charge is 2.11. The first kappa shape index (κ1) is 9.03. The molecule has 0 saturated heterocycles. The normalized spacial score (nSPS) is 11.1. The van der Waals surface area contributed by atoms with E-state index in [0.29, 0.717) is 12.5 Å². The summed E-state index contributed by atoms with van der Waals surface area (Å²) in [5.74, 6) is 1.17. The summed E-state index contributed by atoms with van der Waals surface area (Å²) in [5, 5.41) is 4.15. The van der Waals surface area contributed by atoms with E-state index in [1.54, 1.807) is 11.6 Å². The largest absolute Gasteiger partial charge is 0.345 e. The molecular formula is C8H15N3O. The van der Waals surface area contributed by atoms with E-state index in [1.807, 2.05) is 20.8 Å². The maximum atomic E-state index is 11.4. The topological polar surface area (TPSA) is 39.8 Å². The number of hydrogen-bond donors (Lipinski definition) is 0. The first-order valence-corrected chi connectivity index (χ1v) is 4.21. The molecule has 68 valence electrons. The van der Waals surface area contributed by atoms with Gasteiger partial charge in [-0.25, -0.2) is 9.48 Å². The van der Waals surface area contributed by atoms with Gasteiger partial charge in [-0.15, -0.1) is 0 Å². The molecule has 1 aromatic rings. The molecule has 0 fully saturated rings. The SMILES string of the molecule is CCn1c(C(C)C)nn(C)c1=O. The third-order valence-electron chi connectivity index (χ3n) is 1.87. The van der Waals surface area contributed by atoms with Crippen LogP contribution >= 0.6 is 0 Å². The van der Waals surface area contributed by atoms with Crippen LogP contribution in [0.5, 0.6) is 0 Å². The molecule has 4 heteroatoms. The lowest BCUT2D eigenvalue weighted by atomic mass is 10.2. The zero-order chi connectivity index (χ0) is 9.30. The molecule has 1 aromatic heterocycles. The standard InChI is InChI=1S/C8H15N3O/c1-5-11-7(6(2)3)9-10(4)8(11)12/h6H,5H2,1-4H3. The number of rotatable bonds is 2. The van der Waals surface area contributed by atoms with E-state index in [2.05, 4.69) is 5.10 Å². The van der Waals surface area contributed by atoms with Crippen LogP contribution in [0.1, 0.15) is 32.5 Å². The quantitative estimate of drug-likeness (QED) is 0.654. The molecule has 0 amide bonds. The van der Waals surface area contributed by atoms with E-state index in [4.69, 9.17) is 0 Å². The first-order chi connectivity index (χ1) is 5.57. The molecule has 0 aliphatic carbocycles. The fraction of sp³-hybridized carbons (Fsp3) is 0.750. The molecule has 1 heterocycles. The average Bonchev–Trinajstić information content (AvgIpc) is 2.29. The van der Waals surface area contributed by atoms with E-state index in [9.17, 15) is 4.79 Å². The van der Waals surface area contributed by atoms with E-state index in [1.165, 1.54) is 4.68 Å². The molecule has 4 nitrogen and oxygen atoms in total. The summed E-state index contributed by atoms with van der Waals surface area (Å²) >= 11 is 0. The van der Waals surface area contributed by atoms with Gasteiger partial charge in [-0.05, 0) is 6.92 Å². The Kier molecular flexibility index (Phi) is 2.35. The van der Waals surface area contributed by atoms with Gasteiger partial charge in [-0.3, -0.25) is 4.57 Å². The molecule has 12 heavy (non-hydrogen) atoms. The highest BCUT2D eigenvalue weighted by molar-refractivity contribution is 4.93. The predicted molar refractivity (Wildman–Crippen MR) is 47.2 cm³/mol. The minimum Gasteiger partial charge on any atom is -0.279 e. The van der Waals surface area contributed by atoms with Crippen molar-refractivity contribution in [2.75, 3.05) is 0 Å². The van der Waals surface area contributed by atoms with Crippen LogP contribution in [0.3, 0.4) is 0 Å². The molecule has 0 aliphatic rings. The van der Waals surface area contributed by atoms with Crippen molar-refractivity contribution >= 4 is 0 Å². The second-order valence-electron chi connectivity index (χ2n) is 3.16. The van der Waals surface area contributed by atoms with Crippen molar-refractivity contribution in [2.45, 2.75) is 33.2 Å². The summed E-state index contributed by atoms with van der Waals surface area (Å²) in [6.07, 6.45) is 0. The van der Waals surface area contributed by atoms with E-state index >= 15 is 0 Å². The fourth-order valence-corrected chi connectivity index (χ4v) is 1.25. The van der Waals surface area contributed by atoms with Crippen LogP contribution in [0.15, 0.2) is 4.79 Å². The van der Waals surface area contributed by atoms with Crippen LogP contribution in [-0.4, -0.2) is 14.3 Å². The molecule has 0 saturated carbocycles. The molecular weight excluding hydrogens is 154 g/mol. The zero-order valence-corrected chi connectivity index (χ0v) is 8.03. The average molecular weight is 169 g/mol. The summed E-state index contributed by atoms with van der Waals surface area (Å²) in [6, 6.07) is 0. The summed E-state index contributed by atoms with van der Waals surface area (Å²) < 4.78 is 3.09. The molecule has 0 spiro atoms. The maximum Gasteiger partial charge on any atom is 0.345 e. The van der Waals surface area contributed by atoms with Crippen LogP contribution in [-0.2, 0) is 13.6 Å². The van der Waals surface area contributed by atoms with Gasteiger partial charge in [-0.2, -0.15) is 5.10 Å². The van der Waals surface area contributed by atoms with Gasteiger partial charge in [0.1, 0.15) is 5.82 Å². The van der Waals surface area contributed by atoms with Gasteiger partial charge in [0.2, 0.25) is 0 Å². The van der Waals surface area contributed by atoms with Crippen LogP contribution in [0.4, 0.5) is 0 Å². The lowest BCUT2D eigenvalue weighted by Crippen LogP contribution is -2.22. The summed E-state index contributed by atoms with van der Waals surface area (Å²) in [5.41, 5.74) is -0.0267. The van der Waals surface area contributed by atoms with Crippen LogP contribution in [0.25, 0.3) is 0 Å². The Labute approximate surface area is 71.8 Å². The van der Waals surface area contributed by atoms with Gasteiger partial charge < -0.3 is 0 Å². The third kappa shape index (κ3) is 1.29. The Morgan fingerprint density at radius 3 is 2.42 bits per heavy atom. The van der Waals surface area contributed by atoms with Crippen molar-refractivity contribution < 1.29 is 0 Å². The van der Waals surface area contributed by atoms with Crippen LogP contribution in [0, 0.1) is 0 Å². The maximum absolute atomic E-state index is 11.4. The smallest absolute Gasteiger partial charge is 0.279 e. The van der Waals surface area contributed by atoms with Gasteiger partial charge in [0.05, 0.1) is 0 Å². The molecule has 0 N–H and O–H groups in total. The summed E-state index contributed by atoms with van der Waals surface area (Å²) in [4.78, 5) is 11.4. The fourth-order valence-electron chi connectivity index (χ4n) is 1.25. The van der Waals surface area contributed by atoms with E-state index in [-0.39, 0.29) is 5.69 Å². The second-order valence-corrected chi connectivity index (χ2v) is 3.16. The Hall–Kier alpha value is -1.06. The van der Waals surface area contributed by atoms with Crippen molar-refractivity contribution in [2.24, 2.45) is 7.05 Å². The number of aromatic nitrogens is 3. The second kappa shape index (κ2) is 3.13. The third-order valence-corrected chi connectivity index (χ3v) is 1.87. The van der Waals surface area contributed by atoms with E-state index < -0.39 is 0 Å². The Morgan fingerprint density at radius 1 is 1.50 bits per heavy atom. The molecule has 0 unspecified atom stereocenters. The molecule has 1 rings (SSSR count). The number of aryl methyl sites for hydroxylation is 1. The number of nitrogens with zero attached hydrogens (tertiary/aromatic N) is 3. The Balaban J connectivity index is 3.30. The van der Waals surface area contributed by atoms with Crippen LogP contribution < -0.4 is 5.69 Å². The molecule has 0 radical (unpaired) electrons. The van der Waals surface area contributed by atoms with Gasteiger partial charge >= 0.3 is 5.69 Å². The van der Waals surface area contributed by atoms with E-state index in [0.717, 1.165) is 5.82 Å². The molecule has 0 aliphatic heterocycles. The van der Waals surface area contributed by atoms with Crippen molar-refractivity contribution in [3.8, 4) is 0 Å². The zero-order valence-electron chi connectivity index (χ0n) is 8.03. The van der Waals surface area contributed by atoms with Crippen LogP contribution in [0.2, 0.25) is 0 Å². The van der Waals surface area contributed by atoms with Crippen molar-refractivity contribution in [1.82, 2.24) is 14.3 Å². The summed E-state index contributed by atoms with van der Waals surface area (Å²) in [7, 11) is 1.68. The highest BCUT2D eigenvalue weighted by atomic mass is 16.2.